The van der Waals surface area contributed by atoms with Crippen LogP contribution in [0.4, 0.5) is 5.82 Å². The average Bonchev–Trinajstić information content (AvgIpc) is 3.36. The molecule has 1 fully saturated rings. The first-order valence-corrected chi connectivity index (χ1v) is 12.5. The van der Waals surface area contributed by atoms with Gasteiger partial charge in [0.05, 0.1) is 35.3 Å². The van der Waals surface area contributed by atoms with Gasteiger partial charge in [-0.05, 0) is 43.7 Å². The molecule has 0 amide bonds. The number of pyridine rings is 3. The van der Waals surface area contributed by atoms with Crippen LogP contribution in [0.5, 0.6) is 5.75 Å². The minimum absolute atomic E-state index is 0.0407. The van der Waals surface area contributed by atoms with Crippen molar-refractivity contribution in [2.24, 2.45) is 0 Å². The molecule has 0 radical (unpaired) electrons. The molecule has 0 bridgehead atoms. The number of aryl methyl sites for hydroxylation is 1. The Balaban J connectivity index is 1.31. The van der Waals surface area contributed by atoms with Crippen molar-refractivity contribution in [3.63, 3.8) is 0 Å². The summed E-state index contributed by atoms with van der Waals surface area (Å²) in [5.41, 5.74) is 5.29. The van der Waals surface area contributed by atoms with Crippen LogP contribution in [0.3, 0.4) is 0 Å². The molecule has 0 saturated carbocycles. The van der Waals surface area contributed by atoms with E-state index in [2.05, 4.69) is 51.1 Å². The second-order valence-electron chi connectivity index (χ2n) is 9.41. The molecule has 9 heteroatoms. The number of nitrogens with zero attached hydrogens (tertiary/aromatic N) is 7. The fourth-order valence-corrected chi connectivity index (χ4v) is 4.45. The Morgan fingerprint density at radius 2 is 1.89 bits per heavy atom. The zero-order chi connectivity index (χ0) is 25.8. The number of piperazine rings is 1. The first-order valence-electron chi connectivity index (χ1n) is 12.5. The third-order valence-electron chi connectivity index (χ3n) is 6.71. The van der Waals surface area contributed by atoms with Gasteiger partial charge in [0, 0.05) is 63.4 Å². The highest BCUT2D eigenvalue weighted by molar-refractivity contribution is 5.85. The predicted octanol–water partition coefficient (Wildman–Crippen LogP) is 3.71. The van der Waals surface area contributed by atoms with Crippen LogP contribution in [0.1, 0.15) is 23.7 Å². The maximum atomic E-state index is 9.63. The lowest BCUT2D eigenvalue weighted by Gasteiger charge is -2.35. The molecule has 1 saturated heterocycles. The molecule has 37 heavy (non-hydrogen) atoms. The van der Waals surface area contributed by atoms with Gasteiger partial charge in [-0.3, -0.25) is 9.88 Å². The molecule has 5 heterocycles. The number of aromatic nitrogens is 4. The third-order valence-corrected chi connectivity index (χ3v) is 6.71. The highest BCUT2D eigenvalue weighted by Crippen LogP contribution is 2.31. The topological polar surface area (TPSA) is 91.8 Å². The Labute approximate surface area is 216 Å². The fourth-order valence-electron chi connectivity index (χ4n) is 4.45. The fraction of sp³-hybridized carbons (Fsp3) is 0.357. The standard InChI is InChI=1S/C28H31N7O2/c1-20-4-6-24(30-14-20)17-33-8-10-34(11-9-33)27-7-5-22(15-31-27)26-12-25(37-19-21(2)36-3)18-35-28(26)23(13-29)16-32-35/h4-7,12,14-16,18,21H,8-11,17,19H2,1-3H3. The molecule has 0 N–H and O–H groups in total. The number of nitriles is 1. The summed E-state index contributed by atoms with van der Waals surface area (Å²) in [7, 11) is 1.66. The van der Waals surface area contributed by atoms with Crippen molar-refractivity contribution in [3.05, 3.63) is 71.9 Å². The summed E-state index contributed by atoms with van der Waals surface area (Å²) in [6.45, 7) is 9.02. The molecule has 0 aromatic carbocycles. The SMILES string of the molecule is COC(C)COc1cc(-c2ccc(N3CCN(Cc4ccc(C)cn4)CC3)nc2)c2c(C#N)cnn2c1. The Morgan fingerprint density at radius 1 is 1.05 bits per heavy atom. The summed E-state index contributed by atoms with van der Waals surface area (Å²) in [6, 6.07) is 12.5. The van der Waals surface area contributed by atoms with Gasteiger partial charge in [-0.15, -0.1) is 0 Å². The Bertz CT molecular complexity index is 1390. The van der Waals surface area contributed by atoms with Crippen molar-refractivity contribution in [1.29, 1.82) is 5.26 Å². The van der Waals surface area contributed by atoms with Gasteiger partial charge in [0.25, 0.3) is 0 Å². The summed E-state index contributed by atoms with van der Waals surface area (Å²) in [5, 5.41) is 14.0. The summed E-state index contributed by atoms with van der Waals surface area (Å²) < 4.78 is 12.9. The van der Waals surface area contributed by atoms with Gasteiger partial charge >= 0.3 is 0 Å². The number of ether oxygens (including phenoxy) is 2. The maximum absolute atomic E-state index is 9.63. The van der Waals surface area contributed by atoms with E-state index >= 15 is 0 Å². The highest BCUT2D eigenvalue weighted by Gasteiger charge is 2.19. The van der Waals surface area contributed by atoms with Gasteiger partial charge in [0.2, 0.25) is 0 Å². The molecule has 0 aliphatic carbocycles. The average molecular weight is 498 g/mol. The van der Waals surface area contributed by atoms with Crippen LogP contribution in [0.2, 0.25) is 0 Å². The molecule has 0 spiro atoms. The molecule has 190 valence electrons. The van der Waals surface area contributed by atoms with Crippen molar-refractivity contribution >= 4 is 11.3 Å². The zero-order valence-electron chi connectivity index (χ0n) is 21.5. The zero-order valence-corrected chi connectivity index (χ0v) is 21.5. The highest BCUT2D eigenvalue weighted by atomic mass is 16.5. The van der Waals surface area contributed by atoms with Crippen LogP contribution in [-0.2, 0) is 11.3 Å². The minimum atomic E-state index is -0.0407. The quantitative estimate of drug-likeness (QED) is 0.364. The Kier molecular flexibility index (Phi) is 7.30. The molecular formula is C28H31N7O2. The molecule has 4 aromatic rings. The summed E-state index contributed by atoms with van der Waals surface area (Å²) in [6.07, 6.45) is 7.11. The first kappa shape index (κ1) is 24.7. The minimum Gasteiger partial charge on any atom is -0.489 e. The van der Waals surface area contributed by atoms with Crippen molar-refractivity contribution in [1.82, 2.24) is 24.5 Å². The normalized spacial score (nSPS) is 15.0. The van der Waals surface area contributed by atoms with Crippen LogP contribution >= 0.6 is 0 Å². The molecule has 1 aliphatic heterocycles. The van der Waals surface area contributed by atoms with Crippen molar-refractivity contribution < 1.29 is 9.47 Å². The predicted molar refractivity (Wildman–Crippen MR) is 142 cm³/mol. The lowest BCUT2D eigenvalue weighted by molar-refractivity contribution is 0.0715. The number of rotatable bonds is 8. The smallest absolute Gasteiger partial charge is 0.138 e. The summed E-state index contributed by atoms with van der Waals surface area (Å²) in [5.74, 6) is 1.60. The van der Waals surface area contributed by atoms with Crippen molar-refractivity contribution in [3.8, 4) is 22.9 Å². The van der Waals surface area contributed by atoms with E-state index in [4.69, 9.17) is 14.5 Å². The number of anilines is 1. The summed E-state index contributed by atoms with van der Waals surface area (Å²) in [4.78, 5) is 14.1. The van der Waals surface area contributed by atoms with E-state index in [0.29, 0.717) is 17.9 Å². The van der Waals surface area contributed by atoms with E-state index in [9.17, 15) is 5.26 Å². The number of hydrogen-bond acceptors (Lipinski definition) is 8. The van der Waals surface area contributed by atoms with Crippen LogP contribution in [-0.4, -0.2) is 70.5 Å². The van der Waals surface area contributed by atoms with E-state index in [1.54, 1.807) is 24.0 Å². The van der Waals surface area contributed by atoms with Gasteiger partial charge in [-0.1, -0.05) is 6.07 Å². The van der Waals surface area contributed by atoms with Gasteiger partial charge in [-0.25, -0.2) is 9.50 Å². The van der Waals surface area contributed by atoms with Crippen LogP contribution in [0.15, 0.2) is 55.1 Å². The van der Waals surface area contributed by atoms with E-state index in [1.165, 1.54) is 5.56 Å². The second-order valence-corrected chi connectivity index (χ2v) is 9.41. The lowest BCUT2D eigenvalue weighted by Crippen LogP contribution is -2.46. The van der Waals surface area contributed by atoms with Crippen molar-refractivity contribution in [2.75, 3.05) is 44.8 Å². The Hall–Kier alpha value is -4.00. The number of methoxy groups -OCH3 is 1. The van der Waals surface area contributed by atoms with E-state index in [-0.39, 0.29) is 6.10 Å². The first-order chi connectivity index (χ1) is 18.0. The lowest BCUT2D eigenvalue weighted by atomic mass is 10.1. The monoisotopic (exact) mass is 497 g/mol. The van der Waals surface area contributed by atoms with Gasteiger partial charge in [0.1, 0.15) is 24.2 Å². The second kappa shape index (κ2) is 10.9. The van der Waals surface area contributed by atoms with Gasteiger partial charge < -0.3 is 14.4 Å². The summed E-state index contributed by atoms with van der Waals surface area (Å²) >= 11 is 0. The van der Waals surface area contributed by atoms with Crippen LogP contribution in [0.25, 0.3) is 16.6 Å². The van der Waals surface area contributed by atoms with E-state index in [0.717, 1.165) is 60.9 Å². The molecular weight excluding hydrogens is 466 g/mol. The molecule has 9 nitrogen and oxygen atoms in total. The molecule has 4 aromatic heterocycles. The molecule has 1 atom stereocenters. The largest absolute Gasteiger partial charge is 0.489 e. The van der Waals surface area contributed by atoms with Gasteiger partial charge in [-0.2, -0.15) is 10.4 Å². The third kappa shape index (κ3) is 5.56. The Morgan fingerprint density at radius 3 is 2.57 bits per heavy atom. The van der Waals surface area contributed by atoms with Crippen LogP contribution in [0, 0.1) is 18.3 Å². The van der Waals surface area contributed by atoms with E-state index in [1.807, 2.05) is 31.5 Å². The number of fused-ring (bicyclic) bond motifs is 1. The van der Waals surface area contributed by atoms with E-state index < -0.39 is 0 Å². The molecule has 5 rings (SSSR count). The number of hydrogen-bond donors (Lipinski definition) is 0. The maximum Gasteiger partial charge on any atom is 0.138 e. The molecule has 1 unspecified atom stereocenters. The van der Waals surface area contributed by atoms with Crippen LogP contribution < -0.4 is 9.64 Å². The van der Waals surface area contributed by atoms with Crippen molar-refractivity contribution in [2.45, 2.75) is 26.5 Å². The van der Waals surface area contributed by atoms with Gasteiger partial charge in [0.15, 0.2) is 0 Å². The molecule has 1 aliphatic rings.